The van der Waals surface area contributed by atoms with Gasteiger partial charge in [0.15, 0.2) is 0 Å². The lowest BCUT2D eigenvalue weighted by Crippen LogP contribution is -1.96. The summed E-state index contributed by atoms with van der Waals surface area (Å²) < 4.78 is 0. The highest BCUT2D eigenvalue weighted by molar-refractivity contribution is 6.00. The van der Waals surface area contributed by atoms with E-state index in [0.29, 0.717) is 0 Å². The van der Waals surface area contributed by atoms with Crippen molar-refractivity contribution in [3.8, 4) is 0 Å². The first-order valence-corrected chi connectivity index (χ1v) is 8.36. The van der Waals surface area contributed by atoms with Crippen molar-refractivity contribution in [2.45, 2.75) is 20.8 Å². The number of pyridine rings is 1. The molecule has 4 nitrogen and oxygen atoms in total. The molecule has 4 rings (SSSR count). The molecule has 0 unspecified atom stereocenters. The summed E-state index contributed by atoms with van der Waals surface area (Å²) in [5, 5.41) is 6.76. The number of nitrogens with zero attached hydrogens (tertiary/aromatic N) is 2. The summed E-state index contributed by atoms with van der Waals surface area (Å²) in [6.45, 7) is 6.25. The number of hydrogen-bond acceptors (Lipinski definition) is 3. The molecule has 0 aliphatic rings. The van der Waals surface area contributed by atoms with E-state index >= 15 is 0 Å². The number of hydrazone groups is 1. The maximum atomic E-state index is 4.65. The lowest BCUT2D eigenvalue weighted by atomic mass is 10.1. The zero-order valence-corrected chi connectivity index (χ0v) is 14.6. The molecular weight excluding hydrogens is 308 g/mol. The number of H-pyrrole nitrogens is 1. The number of aromatic amines is 1. The Morgan fingerprint density at radius 2 is 1.84 bits per heavy atom. The number of hydrogen-bond donors (Lipinski definition) is 2. The van der Waals surface area contributed by atoms with E-state index in [9.17, 15) is 0 Å². The molecule has 2 aromatic heterocycles. The molecule has 0 saturated heterocycles. The van der Waals surface area contributed by atoms with Gasteiger partial charge in [0.1, 0.15) is 5.82 Å². The van der Waals surface area contributed by atoms with E-state index in [1.165, 1.54) is 21.9 Å². The van der Waals surface area contributed by atoms with Crippen LogP contribution in [0.15, 0.2) is 53.6 Å². The maximum absolute atomic E-state index is 4.65. The van der Waals surface area contributed by atoms with Crippen LogP contribution in [0.4, 0.5) is 5.82 Å². The second-order valence-corrected chi connectivity index (χ2v) is 6.42. The molecule has 0 fully saturated rings. The van der Waals surface area contributed by atoms with Gasteiger partial charge in [0, 0.05) is 27.5 Å². The largest absolute Gasteiger partial charge is 0.358 e. The molecule has 4 aromatic rings. The van der Waals surface area contributed by atoms with Crippen molar-refractivity contribution in [1.82, 2.24) is 9.97 Å². The number of rotatable bonds is 3. The van der Waals surface area contributed by atoms with Crippen LogP contribution in [0.3, 0.4) is 0 Å². The van der Waals surface area contributed by atoms with Crippen molar-refractivity contribution in [1.29, 1.82) is 0 Å². The first kappa shape index (κ1) is 15.4. The second kappa shape index (κ2) is 6.06. The first-order chi connectivity index (χ1) is 12.1. The zero-order valence-electron chi connectivity index (χ0n) is 14.6. The maximum Gasteiger partial charge on any atom is 0.147 e. The van der Waals surface area contributed by atoms with E-state index in [-0.39, 0.29) is 0 Å². The Morgan fingerprint density at radius 1 is 1.00 bits per heavy atom. The zero-order chi connectivity index (χ0) is 17.4. The summed E-state index contributed by atoms with van der Waals surface area (Å²) in [5.74, 6) is 0.752. The van der Waals surface area contributed by atoms with Gasteiger partial charge in [0.25, 0.3) is 0 Å². The van der Waals surface area contributed by atoms with Crippen molar-refractivity contribution in [2.24, 2.45) is 5.10 Å². The van der Waals surface area contributed by atoms with Crippen molar-refractivity contribution >= 4 is 33.8 Å². The van der Waals surface area contributed by atoms with E-state index in [1.54, 1.807) is 0 Å². The van der Waals surface area contributed by atoms with Crippen LogP contribution in [0.5, 0.6) is 0 Å². The Hall–Kier alpha value is -3.14. The molecule has 0 amide bonds. The normalized spacial score (nSPS) is 11.6. The van der Waals surface area contributed by atoms with Crippen LogP contribution < -0.4 is 5.43 Å². The number of aryl methyl sites for hydroxylation is 3. The Morgan fingerprint density at radius 3 is 2.72 bits per heavy atom. The van der Waals surface area contributed by atoms with Gasteiger partial charge in [-0.05, 0) is 50.6 Å². The number of anilines is 1. The average molecular weight is 328 g/mol. The topological polar surface area (TPSA) is 53.1 Å². The third-order valence-electron chi connectivity index (χ3n) is 4.49. The molecule has 4 heteroatoms. The summed E-state index contributed by atoms with van der Waals surface area (Å²) in [6.07, 6.45) is 1.85. The monoisotopic (exact) mass is 328 g/mol. The van der Waals surface area contributed by atoms with Crippen LogP contribution in [-0.2, 0) is 0 Å². The van der Waals surface area contributed by atoms with Gasteiger partial charge in [-0.2, -0.15) is 5.10 Å². The van der Waals surface area contributed by atoms with Crippen molar-refractivity contribution in [3.63, 3.8) is 0 Å². The highest BCUT2D eigenvalue weighted by Gasteiger charge is 2.06. The molecule has 0 saturated carbocycles. The van der Waals surface area contributed by atoms with Crippen molar-refractivity contribution in [3.05, 3.63) is 70.9 Å². The van der Waals surface area contributed by atoms with E-state index in [1.807, 2.05) is 24.4 Å². The van der Waals surface area contributed by atoms with Gasteiger partial charge in [0.2, 0.25) is 0 Å². The summed E-state index contributed by atoms with van der Waals surface area (Å²) in [7, 11) is 0. The van der Waals surface area contributed by atoms with Gasteiger partial charge in [-0.15, -0.1) is 0 Å². The minimum absolute atomic E-state index is 0.752. The van der Waals surface area contributed by atoms with Crippen LogP contribution in [-0.4, -0.2) is 16.2 Å². The number of fused-ring (bicyclic) bond motifs is 2. The highest BCUT2D eigenvalue weighted by atomic mass is 15.3. The standard InChI is InChI=1S/C21H20N4/c1-13-8-9-20-17(10-13)14(2)11-21(24-20)25-22-12-18-15(3)23-19-7-5-4-6-16(18)19/h4-12,23H,1-3H3,(H,24,25)/b22-12-. The SMILES string of the molecule is Cc1ccc2nc(N/N=C\c3c(C)[nH]c4ccccc34)cc(C)c2c1. The van der Waals surface area contributed by atoms with Crippen LogP contribution in [0.1, 0.15) is 22.4 Å². The number of benzene rings is 2. The summed E-state index contributed by atoms with van der Waals surface area (Å²) in [4.78, 5) is 8.03. The van der Waals surface area contributed by atoms with E-state index in [4.69, 9.17) is 0 Å². The molecule has 2 N–H and O–H groups in total. The van der Waals surface area contributed by atoms with Gasteiger partial charge in [-0.3, -0.25) is 5.43 Å². The number of nitrogens with one attached hydrogen (secondary N) is 2. The molecule has 0 aliphatic carbocycles. The fraction of sp³-hybridized carbons (Fsp3) is 0.143. The fourth-order valence-corrected chi connectivity index (χ4v) is 3.19. The second-order valence-electron chi connectivity index (χ2n) is 6.42. The molecule has 0 atom stereocenters. The number of aromatic nitrogens is 2. The van der Waals surface area contributed by atoms with Gasteiger partial charge < -0.3 is 4.98 Å². The quantitative estimate of drug-likeness (QED) is 0.407. The Labute approximate surface area is 146 Å². The third-order valence-corrected chi connectivity index (χ3v) is 4.49. The average Bonchev–Trinajstić information content (AvgIpc) is 2.91. The molecule has 25 heavy (non-hydrogen) atoms. The molecule has 124 valence electrons. The highest BCUT2D eigenvalue weighted by Crippen LogP contribution is 2.22. The van der Waals surface area contributed by atoms with Crippen LogP contribution in [0.2, 0.25) is 0 Å². The Balaban J connectivity index is 1.64. The molecular formula is C21H20N4. The van der Waals surface area contributed by atoms with E-state index in [0.717, 1.165) is 28.1 Å². The summed E-state index contributed by atoms with van der Waals surface area (Å²) in [5.41, 5.74) is 9.79. The lowest BCUT2D eigenvalue weighted by molar-refractivity contribution is 1.24. The molecule has 2 heterocycles. The summed E-state index contributed by atoms with van der Waals surface area (Å²) >= 11 is 0. The van der Waals surface area contributed by atoms with Crippen molar-refractivity contribution < 1.29 is 0 Å². The predicted octanol–water partition coefficient (Wildman–Crippen LogP) is 5.09. The van der Waals surface area contributed by atoms with E-state index < -0.39 is 0 Å². The predicted molar refractivity (Wildman–Crippen MR) is 105 cm³/mol. The van der Waals surface area contributed by atoms with Crippen LogP contribution >= 0.6 is 0 Å². The summed E-state index contributed by atoms with van der Waals surface area (Å²) in [6, 6.07) is 16.6. The molecule has 0 radical (unpaired) electrons. The van der Waals surface area contributed by atoms with Gasteiger partial charge in [-0.1, -0.05) is 29.8 Å². The smallest absolute Gasteiger partial charge is 0.147 e. The fourth-order valence-electron chi connectivity index (χ4n) is 3.19. The first-order valence-electron chi connectivity index (χ1n) is 8.36. The third kappa shape index (κ3) is 2.87. The van der Waals surface area contributed by atoms with Crippen molar-refractivity contribution in [2.75, 3.05) is 5.43 Å². The molecule has 0 aliphatic heterocycles. The Bertz CT molecular complexity index is 1110. The van der Waals surface area contributed by atoms with Crippen LogP contribution in [0, 0.1) is 20.8 Å². The van der Waals surface area contributed by atoms with Crippen LogP contribution in [0.25, 0.3) is 21.8 Å². The minimum Gasteiger partial charge on any atom is -0.358 e. The molecule has 2 aromatic carbocycles. The van der Waals surface area contributed by atoms with E-state index in [2.05, 4.69) is 71.6 Å². The molecule has 0 bridgehead atoms. The molecule has 0 spiro atoms. The Kier molecular flexibility index (Phi) is 3.73. The lowest BCUT2D eigenvalue weighted by Gasteiger charge is -2.06. The van der Waals surface area contributed by atoms with Gasteiger partial charge in [-0.25, -0.2) is 4.98 Å². The minimum atomic E-state index is 0.752. The van der Waals surface area contributed by atoms with Gasteiger partial charge in [0.05, 0.1) is 11.7 Å². The number of para-hydroxylation sites is 1. The van der Waals surface area contributed by atoms with Gasteiger partial charge >= 0.3 is 0 Å².